The van der Waals surface area contributed by atoms with Crippen LogP contribution in [-0.2, 0) is 4.79 Å². The third-order valence-corrected chi connectivity index (χ3v) is 2.80. The van der Waals surface area contributed by atoms with Gasteiger partial charge >= 0.3 is 0 Å². The smallest absolute Gasteiger partial charge is 0.222 e. The maximum Gasteiger partial charge on any atom is 0.222 e. The Morgan fingerprint density at radius 1 is 1.60 bits per heavy atom. The average Bonchev–Trinajstić information content (AvgIpc) is 2.18. The van der Waals surface area contributed by atoms with Crippen LogP contribution in [0.25, 0.3) is 0 Å². The van der Waals surface area contributed by atoms with E-state index in [0.717, 1.165) is 18.7 Å². The number of piperidine rings is 1. The molecule has 3 nitrogen and oxygen atoms in total. The standard InChI is InChI=1S/C12H22N2O/c1-10(2)9-14(3)12(15)7-11-5-4-6-13-8-11/h11,13H,1,4-9H2,2-3H3. The zero-order valence-corrected chi connectivity index (χ0v) is 9.88. The summed E-state index contributed by atoms with van der Waals surface area (Å²) >= 11 is 0. The molecule has 1 heterocycles. The Morgan fingerprint density at radius 3 is 2.87 bits per heavy atom. The number of likely N-dealkylation sites (N-methyl/N-ethyl adjacent to an activating group) is 1. The van der Waals surface area contributed by atoms with Crippen molar-refractivity contribution < 1.29 is 4.79 Å². The summed E-state index contributed by atoms with van der Waals surface area (Å²) in [5, 5.41) is 3.33. The van der Waals surface area contributed by atoms with Gasteiger partial charge in [-0.1, -0.05) is 12.2 Å². The van der Waals surface area contributed by atoms with Crippen molar-refractivity contribution >= 4 is 5.91 Å². The Labute approximate surface area is 92.5 Å². The van der Waals surface area contributed by atoms with Crippen LogP contribution >= 0.6 is 0 Å². The number of nitrogens with one attached hydrogen (secondary N) is 1. The average molecular weight is 210 g/mol. The van der Waals surface area contributed by atoms with Crippen molar-refractivity contribution in [2.45, 2.75) is 26.2 Å². The lowest BCUT2D eigenvalue weighted by Gasteiger charge is -2.25. The lowest BCUT2D eigenvalue weighted by molar-refractivity contribution is -0.130. The second-order valence-corrected chi connectivity index (χ2v) is 4.62. The van der Waals surface area contributed by atoms with E-state index in [4.69, 9.17) is 0 Å². The Bertz CT molecular complexity index is 232. The zero-order valence-electron chi connectivity index (χ0n) is 9.88. The van der Waals surface area contributed by atoms with Gasteiger partial charge in [0.25, 0.3) is 0 Å². The first-order valence-electron chi connectivity index (χ1n) is 5.68. The molecule has 0 aromatic carbocycles. The molecule has 0 bridgehead atoms. The second kappa shape index (κ2) is 5.91. The predicted octanol–water partition coefficient (Wildman–Crippen LogP) is 1.41. The SMILES string of the molecule is C=C(C)CN(C)C(=O)CC1CCCNC1. The third kappa shape index (κ3) is 4.47. The Hall–Kier alpha value is -0.830. The lowest BCUT2D eigenvalue weighted by Crippen LogP contribution is -2.35. The number of carbonyl (C=O) groups excluding carboxylic acids is 1. The summed E-state index contributed by atoms with van der Waals surface area (Å²) in [6, 6.07) is 0. The molecule has 1 aliphatic heterocycles. The van der Waals surface area contributed by atoms with Gasteiger partial charge in [0.05, 0.1) is 0 Å². The van der Waals surface area contributed by atoms with Crippen LogP contribution in [0.2, 0.25) is 0 Å². The lowest BCUT2D eigenvalue weighted by atomic mass is 9.95. The van der Waals surface area contributed by atoms with E-state index < -0.39 is 0 Å². The van der Waals surface area contributed by atoms with Crippen molar-refractivity contribution in [1.29, 1.82) is 0 Å². The van der Waals surface area contributed by atoms with Gasteiger partial charge in [0, 0.05) is 20.0 Å². The summed E-state index contributed by atoms with van der Waals surface area (Å²) in [5.41, 5.74) is 1.03. The van der Waals surface area contributed by atoms with Crippen molar-refractivity contribution in [3.8, 4) is 0 Å². The van der Waals surface area contributed by atoms with Gasteiger partial charge in [0.2, 0.25) is 5.91 Å². The maximum absolute atomic E-state index is 11.8. The van der Waals surface area contributed by atoms with E-state index in [9.17, 15) is 4.79 Å². The number of nitrogens with zero attached hydrogens (tertiary/aromatic N) is 1. The third-order valence-electron chi connectivity index (χ3n) is 2.80. The second-order valence-electron chi connectivity index (χ2n) is 4.62. The molecule has 1 unspecified atom stereocenters. The molecule has 1 fully saturated rings. The molecule has 86 valence electrons. The van der Waals surface area contributed by atoms with E-state index in [2.05, 4.69) is 11.9 Å². The monoisotopic (exact) mass is 210 g/mol. The normalized spacial score (nSPS) is 21.1. The molecule has 3 heteroatoms. The van der Waals surface area contributed by atoms with Gasteiger partial charge in [-0.15, -0.1) is 0 Å². The molecule has 0 spiro atoms. The van der Waals surface area contributed by atoms with Crippen LogP contribution in [-0.4, -0.2) is 37.5 Å². The molecular formula is C12H22N2O. The Morgan fingerprint density at radius 2 is 2.33 bits per heavy atom. The Kier molecular flexibility index (Phi) is 4.82. The van der Waals surface area contributed by atoms with E-state index >= 15 is 0 Å². The molecule has 15 heavy (non-hydrogen) atoms. The van der Waals surface area contributed by atoms with E-state index in [-0.39, 0.29) is 5.91 Å². The molecule has 0 aromatic heterocycles. The number of carbonyl (C=O) groups is 1. The van der Waals surface area contributed by atoms with Gasteiger partial charge in [-0.3, -0.25) is 4.79 Å². The number of amides is 1. The first-order chi connectivity index (χ1) is 7.09. The van der Waals surface area contributed by atoms with Gasteiger partial charge in [0.1, 0.15) is 0 Å². The van der Waals surface area contributed by atoms with E-state index in [1.54, 1.807) is 4.90 Å². The summed E-state index contributed by atoms with van der Waals surface area (Å²) in [5.74, 6) is 0.769. The van der Waals surface area contributed by atoms with Gasteiger partial charge in [0.15, 0.2) is 0 Å². The molecule has 0 aliphatic carbocycles. The molecule has 1 atom stereocenters. The fourth-order valence-corrected chi connectivity index (χ4v) is 1.99. The molecule has 0 saturated carbocycles. The van der Waals surface area contributed by atoms with Gasteiger partial charge < -0.3 is 10.2 Å². The highest BCUT2D eigenvalue weighted by Gasteiger charge is 2.18. The summed E-state index contributed by atoms with van der Waals surface area (Å²) < 4.78 is 0. The maximum atomic E-state index is 11.8. The van der Waals surface area contributed by atoms with Crippen LogP contribution in [0, 0.1) is 5.92 Å². The van der Waals surface area contributed by atoms with Crippen LogP contribution in [0.4, 0.5) is 0 Å². The van der Waals surface area contributed by atoms with Gasteiger partial charge in [-0.2, -0.15) is 0 Å². The molecule has 1 aliphatic rings. The fraction of sp³-hybridized carbons (Fsp3) is 0.750. The van der Waals surface area contributed by atoms with Crippen LogP contribution in [0.15, 0.2) is 12.2 Å². The first-order valence-corrected chi connectivity index (χ1v) is 5.68. The predicted molar refractivity (Wildman–Crippen MR) is 62.7 cm³/mol. The van der Waals surface area contributed by atoms with Crippen molar-refractivity contribution in [3.63, 3.8) is 0 Å². The summed E-state index contributed by atoms with van der Waals surface area (Å²) in [6.07, 6.45) is 3.05. The Balaban J connectivity index is 2.30. The fourth-order valence-electron chi connectivity index (χ4n) is 1.99. The minimum atomic E-state index is 0.242. The first kappa shape index (κ1) is 12.2. The van der Waals surface area contributed by atoms with Crippen LogP contribution in [0.1, 0.15) is 26.2 Å². The molecular weight excluding hydrogens is 188 g/mol. The minimum absolute atomic E-state index is 0.242. The topological polar surface area (TPSA) is 32.3 Å². The van der Waals surface area contributed by atoms with E-state index in [0.29, 0.717) is 18.9 Å². The van der Waals surface area contributed by atoms with Crippen molar-refractivity contribution in [1.82, 2.24) is 10.2 Å². The number of hydrogen-bond donors (Lipinski definition) is 1. The van der Waals surface area contributed by atoms with E-state index in [1.807, 2.05) is 14.0 Å². The summed E-state index contributed by atoms with van der Waals surface area (Å²) in [6.45, 7) is 8.54. The number of rotatable bonds is 4. The highest BCUT2D eigenvalue weighted by Crippen LogP contribution is 2.15. The van der Waals surface area contributed by atoms with E-state index in [1.165, 1.54) is 12.8 Å². The van der Waals surface area contributed by atoms with Crippen LogP contribution in [0.3, 0.4) is 0 Å². The molecule has 1 N–H and O–H groups in total. The largest absolute Gasteiger partial charge is 0.342 e. The zero-order chi connectivity index (χ0) is 11.3. The molecule has 1 saturated heterocycles. The van der Waals surface area contributed by atoms with Crippen molar-refractivity contribution in [3.05, 3.63) is 12.2 Å². The highest BCUT2D eigenvalue weighted by molar-refractivity contribution is 5.76. The minimum Gasteiger partial charge on any atom is -0.342 e. The van der Waals surface area contributed by atoms with Crippen molar-refractivity contribution in [2.24, 2.45) is 5.92 Å². The summed E-state index contributed by atoms with van der Waals surface area (Å²) in [7, 11) is 1.85. The quantitative estimate of drug-likeness (QED) is 0.712. The molecule has 0 aromatic rings. The molecule has 0 radical (unpaired) electrons. The van der Waals surface area contributed by atoms with Crippen LogP contribution < -0.4 is 5.32 Å². The molecule has 1 rings (SSSR count). The van der Waals surface area contributed by atoms with Crippen molar-refractivity contribution in [2.75, 3.05) is 26.7 Å². The van der Waals surface area contributed by atoms with Gasteiger partial charge in [-0.05, 0) is 38.8 Å². The highest BCUT2D eigenvalue weighted by atomic mass is 16.2. The van der Waals surface area contributed by atoms with Crippen LogP contribution in [0.5, 0.6) is 0 Å². The summed E-state index contributed by atoms with van der Waals surface area (Å²) in [4.78, 5) is 13.6. The number of hydrogen-bond acceptors (Lipinski definition) is 2. The molecule has 1 amide bonds. The van der Waals surface area contributed by atoms with Gasteiger partial charge in [-0.25, -0.2) is 0 Å².